The minimum absolute atomic E-state index is 0.0570. The van der Waals surface area contributed by atoms with Crippen molar-refractivity contribution in [1.29, 1.82) is 0 Å². The molecular weight excluding hydrogens is 718 g/mol. The van der Waals surface area contributed by atoms with E-state index in [1.165, 1.54) is 18.2 Å². The molecule has 0 aliphatic heterocycles. The van der Waals surface area contributed by atoms with Gasteiger partial charge in [0.2, 0.25) is 0 Å². The van der Waals surface area contributed by atoms with Crippen molar-refractivity contribution in [2.24, 2.45) is 0 Å². The van der Waals surface area contributed by atoms with Gasteiger partial charge in [0.05, 0.1) is 0 Å². The molecule has 20 heteroatoms. The Morgan fingerprint density at radius 3 is 1.18 bits per heavy atom. The number of alkyl halides is 13. The van der Waals surface area contributed by atoms with Crippen LogP contribution in [-0.4, -0.2) is 43.5 Å². The first kappa shape index (κ1) is 36.1. The zero-order valence-electron chi connectivity index (χ0n) is 20.7. The predicted octanol–water partition coefficient (Wildman–Crippen LogP) is 10.2. The topological polar surface area (TPSA) is 43.4 Å². The van der Waals surface area contributed by atoms with Crippen LogP contribution in [0.15, 0.2) is 93.5 Å². The molecule has 0 fully saturated rings. The van der Waals surface area contributed by atoms with Gasteiger partial charge in [0, 0.05) is 24.7 Å². The number of rotatable bonds is 10. The normalized spacial score (nSPS) is 14.9. The first-order valence-corrected chi connectivity index (χ1v) is 14.8. The van der Waals surface area contributed by atoms with E-state index in [9.17, 15) is 56.7 Å². The van der Waals surface area contributed by atoms with Crippen LogP contribution >= 0.6 is 33.5 Å². The molecule has 3 aromatic rings. The van der Waals surface area contributed by atoms with Crippen molar-refractivity contribution in [3.63, 3.8) is 0 Å². The average molecular weight is 731 g/mol. The molecule has 0 aliphatic carbocycles. The zero-order valence-corrected chi connectivity index (χ0v) is 23.9. The SMILES string of the molecule is O=S(=O)(OS(c1ccccc1)(c1ccc(Cl)cc1)c1ccc(Cl)cc1)C(F)(F)C(F)(F)C(F)(F)C(F)(F)C(F)(F)C(F)(F)F. The van der Waals surface area contributed by atoms with Gasteiger partial charge in [-0.25, -0.2) is 3.63 Å². The highest BCUT2D eigenvalue weighted by atomic mass is 35.5. The van der Waals surface area contributed by atoms with Crippen LogP contribution in [0.4, 0.5) is 57.1 Å². The van der Waals surface area contributed by atoms with Gasteiger partial charge >= 0.3 is 45.2 Å². The van der Waals surface area contributed by atoms with E-state index >= 15 is 8.78 Å². The largest absolute Gasteiger partial charge is 0.460 e. The summed E-state index contributed by atoms with van der Waals surface area (Å²) in [5.74, 6) is -32.9. The molecule has 0 N–H and O–H groups in total. The molecule has 0 saturated heterocycles. The van der Waals surface area contributed by atoms with Gasteiger partial charge in [-0.1, -0.05) is 41.4 Å². The number of benzene rings is 3. The molecule has 0 heterocycles. The van der Waals surface area contributed by atoms with Gasteiger partial charge in [-0.05, 0) is 71.0 Å². The van der Waals surface area contributed by atoms with Gasteiger partial charge < -0.3 is 0 Å². The van der Waals surface area contributed by atoms with E-state index in [2.05, 4.69) is 3.63 Å². The third-order valence-corrected chi connectivity index (χ3v) is 11.5. The maximum absolute atomic E-state index is 15.1. The van der Waals surface area contributed by atoms with Gasteiger partial charge in [-0.3, -0.25) is 0 Å². The summed E-state index contributed by atoms with van der Waals surface area (Å²) in [5, 5.41) is -7.70. The number of hydrogen-bond acceptors (Lipinski definition) is 3. The van der Waals surface area contributed by atoms with Crippen LogP contribution in [0.25, 0.3) is 0 Å². The summed E-state index contributed by atoms with van der Waals surface area (Å²) in [5.41, 5.74) is 0. The molecule has 3 nitrogen and oxygen atoms in total. The molecule has 0 radical (unpaired) electrons. The number of hydrogen-bond donors (Lipinski definition) is 0. The standard InChI is InChI=1S/C24H13Cl2F13O3S2/c25-14-6-10-17(11-7-14)43(16-4-2-1-3-5-16,18-12-8-15(26)9-13-18)42-44(40,41)24(38,39)22(33,34)20(29,30)19(27,28)21(31,32)23(35,36)37/h1-13H. The summed E-state index contributed by atoms with van der Waals surface area (Å²) in [6, 6.07) is 13.6. The lowest BCUT2D eigenvalue weighted by atomic mass is 9.98. The molecule has 0 aromatic heterocycles. The monoisotopic (exact) mass is 730 g/mol. The van der Waals surface area contributed by atoms with Crippen LogP contribution in [0.2, 0.25) is 10.0 Å². The molecule has 0 amide bonds. The molecular formula is C24H13Cl2F13O3S2. The van der Waals surface area contributed by atoms with Crippen LogP contribution in [0, 0.1) is 0 Å². The fourth-order valence-electron chi connectivity index (χ4n) is 3.48. The molecule has 0 atom stereocenters. The van der Waals surface area contributed by atoms with Crippen molar-refractivity contribution < 1.29 is 69.1 Å². The smallest absolute Gasteiger partial charge is 0.202 e. The Morgan fingerprint density at radius 2 is 0.818 bits per heavy atom. The van der Waals surface area contributed by atoms with Crippen LogP contribution in [0.1, 0.15) is 0 Å². The molecule has 3 aromatic carbocycles. The molecule has 44 heavy (non-hydrogen) atoms. The molecule has 0 unspecified atom stereocenters. The van der Waals surface area contributed by atoms with Crippen molar-refractivity contribution >= 4 is 43.6 Å². The van der Waals surface area contributed by atoms with Crippen molar-refractivity contribution in [2.75, 3.05) is 0 Å². The average Bonchev–Trinajstić information content (AvgIpc) is 2.92. The van der Waals surface area contributed by atoms with Gasteiger partial charge in [-0.2, -0.15) is 65.5 Å². The first-order chi connectivity index (χ1) is 19.8. The third kappa shape index (κ3) is 5.49. The Hall–Kier alpha value is -2.41. The van der Waals surface area contributed by atoms with Gasteiger partial charge in [0.25, 0.3) is 0 Å². The van der Waals surface area contributed by atoms with E-state index in [0.717, 1.165) is 60.7 Å². The fourth-order valence-corrected chi connectivity index (χ4v) is 8.93. The second-order valence-corrected chi connectivity index (χ2v) is 14.0. The van der Waals surface area contributed by atoms with E-state index in [1.807, 2.05) is 0 Å². The van der Waals surface area contributed by atoms with Crippen LogP contribution < -0.4 is 0 Å². The quantitative estimate of drug-likeness (QED) is 0.195. The van der Waals surface area contributed by atoms with E-state index in [-0.39, 0.29) is 10.0 Å². The highest BCUT2D eigenvalue weighted by Crippen LogP contribution is 2.72. The molecule has 0 bridgehead atoms. The highest BCUT2D eigenvalue weighted by Gasteiger charge is 2.93. The highest BCUT2D eigenvalue weighted by molar-refractivity contribution is 8.33. The molecule has 244 valence electrons. The third-order valence-electron chi connectivity index (χ3n) is 5.78. The molecule has 0 aliphatic rings. The number of halogens is 15. The Kier molecular flexibility index (Phi) is 9.37. The minimum Gasteiger partial charge on any atom is -0.202 e. The molecule has 3 rings (SSSR count). The Bertz CT molecular complexity index is 1540. The maximum atomic E-state index is 15.1. The van der Waals surface area contributed by atoms with Gasteiger partial charge in [0.15, 0.2) is 0 Å². The van der Waals surface area contributed by atoms with E-state index in [0.29, 0.717) is 0 Å². The van der Waals surface area contributed by atoms with Crippen LogP contribution in [0.3, 0.4) is 0 Å². The van der Waals surface area contributed by atoms with E-state index in [1.54, 1.807) is 0 Å². The Balaban J connectivity index is 2.34. The lowest BCUT2D eigenvalue weighted by Crippen LogP contribution is -2.71. The van der Waals surface area contributed by atoms with Crippen molar-refractivity contribution in [1.82, 2.24) is 0 Å². The summed E-state index contributed by atoms with van der Waals surface area (Å²) in [6.45, 7) is 0. The Morgan fingerprint density at radius 1 is 0.477 bits per heavy atom. The van der Waals surface area contributed by atoms with Crippen molar-refractivity contribution in [3.8, 4) is 0 Å². The summed E-state index contributed by atoms with van der Waals surface area (Å²) in [7, 11) is -12.1. The second kappa shape index (κ2) is 11.4. The van der Waals surface area contributed by atoms with Crippen molar-refractivity contribution in [2.45, 2.75) is 49.8 Å². The minimum atomic E-state index is -8.36. The summed E-state index contributed by atoms with van der Waals surface area (Å²) >= 11 is 11.6. The maximum Gasteiger partial charge on any atom is 0.460 e. The first-order valence-electron chi connectivity index (χ1n) is 11.1. The van der Waals surface area contributed by atoms with E-state index < -0.39 is 70.2 Å². The van der Waals surface area contributed by atoms with Crippen LogP contribution in [0.5, 0.6) is 0 Å². The second-order valence-electron chi connectivity index (χ2n) is 8.61. The fraction of sp³-hybridized carbons (Fsp3) is 0.250. The Labute approximate surface area is 251 Å². The lowest BCUT2D eigenvalue weighted by Gasteiger charge is -2.42. The predicted molar refractivity (Wildman–Crippen MR) is 133 cm³/mol. The summed E-state index contributed by atoms with van der Waals surface area (Å²) in [4.78, 5) is -1.34. The zero-order chi connectivity index (χ0) is 33.8. The van der Waals surface area contributed by atoms with Crippen LogP contribution in [-0.2, 0) is 13.7 Å². The summed E-state index contributed by atoms with van der Waals surface area (Å²) < 4.78 is 210. The van der Waals surface area contributed by atoms with Crippen molar-refractivity contribution in [3.05, 3.63) is 88.9 Å². The molecule has 0 spiro atoms. The molecule has 0 saturated carbocycles. The van der Waals surface area contributed by atoms with E-state index in [4.69, 9.17) is 23.2 Å². The van der Waals surface area contributed by atoms with Gasteiger partial charge in [0.1, 0.15) is 0 Å². The van der Waals surface area contributed by atoms with Gasteiger partial charge in [-0.15, -0.1) is 0 Å². The summed E-state index contributed by atoms with van der Waals surface area (Å²) in [6.07, 6.45) is -7.67. The lowest BCUT2D eigenvalue weighted by molar-refractivity contribution is -0.433.